The van der Waals surface area contributed by atoms with Gasteiger partial charge in [0.15, 0.2) is 0 Å². The first kappa shape index (κ1) is 12.7. The molecule has 1 atom stereocenters. The summed E-state index contributed by atoms with van der Waals surface area (Å²) in [6, 6.07) is 0. The second-order valence-electron chi connectivity index (χ2n) is 4.50. The Labute approximate surface area is 88.3 Å². The van der Waals surface area contributed by atoms with Crippen molar-refractivity contribution in [3.63, 3.8) is 0 Å². The highest BCUT2D eigenvalue weighted by Crippen LogP contribution is 2.28. The van der Waals surface area contributed by atoms with Gasteiger partial charge in [-0.25, -0.2) is 0 Å². The second kappa shape index (κ2) is 6.20. The van der Waals surface area contributed by atoms with Gasteiger partial charge >= 0.3 is 0 Å². The van der Waals surface area contributed by atoms with Crippen molar-refractivity contribution in [3.8, 4) is 0 Å². The van der Waals surface area contributed by atoms with E-state index in [1.54, 1.807) is 0 Å². The predicted octanol–water partition coefficient (Wildman–Crippen LogP) is 3.68. The molecule has 0 aliphatic heterocycles. The van der Waals surface area contributed by atoms with Crippen molar-refractivity contribution in [2.45, 2.75) is 40.0 Å². The third-order valence-corrected chi connectivity index (χ3v) is 3.36. The maximum atomic E-state index is 4.35. The Morgan fingerprint density at radius 1 is 1.25 bits per heavy atom. The molecule has 1 unspecified atom stereocenters. The molecule has 0 saturated carbocycles. The van der Waals surface area contributed by atoms with Gasteiger partial charge in [0.1, 0.15) is 0 Å². The van der Waals surface area contributed by atoms with Crippen molar-refractivity contribution in [2.24, 2.45) is 11.3 Å². The lowest BCUT2D eigenvalue weighted by molar-refractivity contribution is 0.303. The van der Waals surface area contributed by atoms with Crippen LogP contribution < -0.4 is 0 Å². The quantitative estimate of drug-likeness (QED) is 0.609. The fourth-order valence-corrected chi connectivity index (χ4v) is 1.86. The molecule has 0 spiro atoms. The molecule has 74 valence electrons. The van der Waals surface area contributed by atoms with Gasteiger partial charge in [0.25, 0.3) is 0 Å². The van der Waals surface area contributed by atoms with Crippen LogP contribution in [0, 0.1) is 11.3 Å². The van der Waals surface area contributed by atoms with E-state index < -0.39 is 0 Å². The van der Waals surface area contributed by atoms with E-state index in [0.717, 1.165) is 17.4 Å². The lowest BCUT2D eigenvalue weighted by atomic mass is 9.83. The van der Waals surface area contributed by atoms with Gasteiger partial charge in [-0.05, 0) is 42.1 Å². The van der Waals surface area contributed by atoms with Gasteiger partial charge in [0.05, 0.1) is 0 Å². The van der Waals surface area contributed by atoms with E-state index >= 15 is 0 Å². The second-order valence-corrected chi connectivity index (χ2v) is 5.26. The summed E-state index contributed by atoms with van der Waals surface area (Å²) in [5, 5.41) is 0. The smallest absolute Gasteiger partial charge is 0.00463 e. The molecule has 0 N–H and O–H groups in total. The fourth-order valence-electron chi connectivity index (χ4n) is 1.55. The summed E-state index contributed by atoms with van der Waals surface area (Å²) in [6.07, 6.45) is 3.83. The van der Waals surface area contributed by atoms with Crippen molar-refractivity contribution >= 4 is 25.3 Å². The van der Waals surface area contributed by atoms with Crippen LogP contribution in [0.2, 0.25) is 0 Å². The number of rotatable bonds is 6. The first-order valence-electron chi connectivity index (χ1n) is 4.73. The van der Waals surface area contributed by atoms with Crippen LogP contribution in [0.15, 0.2) is 0 Å². The molecular weight excluding hydrogens is 184 g/mol. The molecule has 12 heavy (non-hydrogen) atoms. The summed E-state index contributed by atoms with van der Waals surface area (Å²) >= 11 is 8.57. The number of hydrogen-bond donors (Lipinski definition) is 2. The van der Waals surface area contributed by atoms with E-state index in [9.17, 15) is 0 Å². The summed E-state index contributed by atoms with van der Waals surface area (Å²) in [4.78, 5) is 0. The predicted molar refractivity (Wildman–Crippen MR) is 64.5 cm³/mol. The summed E-state index contributed by atoms with van der Waals surface area (Å²) in [7, 11) is 0. The zero-order valence-corrected chi connectivity index (χ0v) is 10.3. The van der Waals surface area contributed by atoms with E-state index in [-0.39, 0.29) is 0 Å². The van der Waals surface area contributed by atoms with Gasteiger partial charge in [0, 0.05) is 0 Å². The van der Waals surface area contributed by atoms with Gasteiger partial charge in [-0.2, -0.15) is 25.3 Å². The Kier molecular flexibility index (Phi) is 6.56. The van der Waals surface area contributed by atoms with Crippen molar-refractivity contribution in [1.29, 1.82) is 0 Å². The highest BCUT2D eigenvalue weighted by molar-refractivity contribution is 7.80. The summed E-state index contributed by atoms with van der Waals surface area (Å²) in [6.45, 7) is 6.91. The average molecular weight is 206 g/mol. The molecule has 0 aliphatic rings. The molecule has 0 radical (unpaired) electrons. The number of thiol groups is 2. The largest absolute Gasteiger partial charge is 0.179 e. The van der Waals surface area contributed by atoms with E-state index in [1.807, 2.05) is 0 Å². The van der Waals surface area contributed by atoms with E-state index in [0.29, 0.717) is 5.41 Å². The summed E-state index contributed by atoms with van der Waals surface area (Å²) in [5.74, 6) is 2.82. The maximum Gasteiger partial charge on any atom is -0.00463 e. The highest BCUT2D eigenvalue weighted by atomic mass is 32.1. The van der Waals surface area contributed by atoms with Crippen molar-refractivity contribution in [2.75, 3.05) is 11.5 Å². The minimum absolute atomic E-state index is 0.402. The number of hydrogen-bond acceptors (Lipinski definition) is 2. The monoisotopic (exact) mass is 206 g/mol. The van der Waals surface area contributed by atoms with Crippen LogP contribution >= 0.6 is 25.3 Å². The first-order valence-corrected chi connectivity index (χ1v) is 6.00. The first-order chi connectivity index (χ1) is 5.52. The van der Waals surface area contributed by atoms with Crippen LogP contribution in [0.25, 0.3) is 0 Å². The van der Waals surface area contributed by atoms with Gasteiger partial charge in [-0.15, -0.1) is 0 Å². The molecule has 0 aromatic carbocycles. The minimum atomic E-state index is 0.402. The van der Waals surface area contributed by atoms with Crippen LogP contribution in [0.5, 0.6) is 0 Å². The molecule has 0 aromatic rings. The van der Waals surface area contributed by atoms with Crippen LogP contribution in [-0.2, 0) is 0 Å². The molecule has 2 heteroatoms. The molecule has 0 aliphatic carbocycles. The van der Waals surface area contributed by atoms with Gasteiger partial charge in [0.2, 0.25) is 0 Å². The molecule has 0 nitrogen and oxygen atoms in total. The molecule has 0 aromatic heterocycles. The van der Waals surface area contributed by atoms with Crippen LogP contribution in [-0.4, -0.2) is 11.5 Å². The Morgan fingerprint density at radius 2 is 1.83 bits per heavy atom. The van der Waals surface area contributed by atoms with Crippen LogP contribution in [0.3, 0.4) is 0 Å². The lowest BCUT2D eigenvalue weighted by Gasteiger charge is -2.25. The van der Waals surface area contributed by atoms with Crippen molar-refractivity contribution in [3.05, 3.63) is 0 Å². The van der Waals surface area contributed by atoms with Gasteiger partial charge < -0.3 is 0 Å². The Balaban J connectivity index is 3.60. The maximum absolute atomic E-state index is 4.35. The van der Waals surface area contributed by atoms with Crippen molar-refractivity contribution in [1.82, 2.24) is 0 Å². The summed E-state index contributed by atoms with van der Waals surface area (Å²) < 4.78 is 0. The van der Waals surface area contributed by atoms with E-state index in [4.69, 9.17) is 0 Å². The molecule has 0 bridgehead atoms. The van der Waals surface area contributed by atoms with Crippen LogP contribution in [0.4, 0.5) is 0 Å². The fraction of sp³-hybridized carbons (Fsp3) is 1.00. The summed E-state index contributed by atoms with van der Waals surface area (Å²) in [5.41, 5.74) is 0.402. The average Bonchev–Trinajstić information content (AvgIpc) is 2.00. The topological polar surface area (TPSA) is 0 Å². The lowest BCUT2D eigenvalue weighted by Crippen LogP contribution is -2.17. The third-order valence-electron chi connectivity index (χ3n) is 2.18. The Bertz CT molecular complexity index is 110. The molecule has 0 saturated heterocycles. The third kappa shape index (κ3) is 6.24. The van der Waals surface area contributed by atoms with Gasteiger partial charge in [-0.3, -0.25) is 0 Å². The molecule has 0 amide bonds. The zero-order valence-electron chi connectivity index (χ0n) is 8.51. The standard InChI is InChI=1S/C10H22S2/c1-9(5-4-6-11)7-10(2,3)8-12/h9,11-12H,4-8H2,1-3H3. The highest BCUT2D eigenvalue weighted by Gasteiger charge is 2.18. The van der Waals surface area contributed by atoms with E-state index in [1.165, 1.54) is 19.3 Å². The molecule has 0 heterocycles. The van der Waals surface area contributed by atoms with Crippen molar-refractivity contribution < 1.29 is 0 Å². The Morgan fingerprint density at radius 3 is 2.25 bits per heavy atom. The molecule has 0 fully saturated rings. The van der Waals surface area contributed by atoms with Gasteiger partial charge in [-0.1, -0.05) is 20.8 Å². The minimum Gasteiger partial charge on any atom is -0.179 e. The van der Waals surface area contributed by atoms with Crippen LogP contribution in [0.1, 0.15) is 40.0 Å². The zero-order chi connectivity index (χ0) is 9.61. The Hall–Kier alpha value is 0.700. The SMILES string of the molecule is CC(CCCS)CC(C)(C)CS. The normalized spacial score (nSPS) is 14.8. The molecular formula is C10H22S2. The molecule has 0 rings (SSSR count). The van der Waals surface area contributed by atoms with E-state index in [2.05, 4.69) is 46.0 Å².